The molecular formula is C28H32ClNO4. The van der Waals surface area contributed by atoms with Gasteiger partial charge in [0.1, 0.15) is 5.75 Å². The normalized spacial score (nSPS) is 25.7. The Labute approximate surface area is 206 Å². The van der Waals surface area contributed by atoms with Crippen LogP contribution < -0.4 is 9.64 Å². The Kier molecular flexibility index (Phi) is 6.48. The molecule has 0 radical (unpaired) electrons. The molecule has 0 aromatic heterocycles. The maximum atomic E-state index is 12.3. The first-order chi connectivity index (χ1) is 16.5. The molecule has 0 bridgehead atoms. The topological polar surface area (TPSA) is 48.0 Å². The van der Waals surface area contributed by atoms with Crippen LogP contribution >= 0.6 is 11.6 Å². The first-order valence-corrected chi connectivity index (χ1v) is 12.5. The lowest BCUT2D eigenvalue weighted by Crippen LogP contribution is -2.48. The predicted molar refractivity (Wildman–Crippen MR) is 134 cm³/mol. The van der Waals surface area contributed by atoms with E-state index in [4.69, 9.17) is 25.8 Å². The first-order valence-electron chi connectivity index (χ1n) is 12.1. The number of nitrogens with zero attached hydrogens (tertiary/aromatic N) is 1. The van der Waals surface area contributed by atoms with E-state index in [0.717, 1.165) is 48.8 Å². The molecule has 3 atom stereocenters. The number of rotatable bonds is 5. The van der Waals surface area contributed by atoms with E-state index in [1.807, 2.05) is 18.2 Å². The molecule has 3 aliphatic rings. The second-order valence-corrected chi connectivity index (χ2v) is 10.3. The van der Waals surface area contributed by atoms with Crippen molar-refractivity contribution in [3.05, 3.63) is 70.4 Å². The van der Waals surface area contributed by atoms with Crippen molar-refractivity contribution in [2.75, 3.05) is 38.8 Å². The van der Waals surface area contributed by atoms with Crippen LogP contribution in [0.1, 0.15) is 47.2 Å². The molecule has 0 saturated heterocycles. The van der Waals surface area contributed by atoms with Gasteiger partial charge in [-0.15, -0.1) is 0 Å². The van der Waals surface area contributed by atoms with Crippen molar-refractivity contribution < 1.29 is 19.0 Å². The third-order valence-corrected chi connectivity index (χ3v) is 8.09. The minimum Gasteiger partial charge on any atom is -0.505 e. The van der Waals surface area contributed by atoms with E-state index >= 15 is 0 Å². The highest BCUT2D eigenvalue weighted by Gasteiger charge is 2.43. The summed E-state index contributed by atoms with van der Waals surface area (Å²) in [6.45, 7) is 2.36. The molecule has 6 heteroatoms. The summed E-state index contributed by atoms with van der Waals surface area (Å²) < 4.78 is 16.7. The summed E-state index contributed by atoms with van der Waals surface area (Å²) in [5, 5.41) is 0.787. The molecule has 1 spiro atoms. The molecule has 1 fully saturated rings. The smallest absolute Gasteiger partial charge is 0.337 e. The minimum absolute atomic E-state index is 0.121. The number of aryl methyl sites for hydroxylation is 1. The zero-order valence-corrected chi connectivity index (χ0v) is 20.6. The van der Waals surface area contributed by atoms with Crippen molar-refractivity contribution in [2.24, 2.45) is 11.8 Å². The van der Waals surface area contributed by atoms with Crippen LogP contribution in [-0.4, -0.2) is 39.9 Å². The lowest BCUT2D eigenvalue weighted by atomic mass is 9.69. The highest BCUT2D eigenvalue weighted by Crippen LogP contribution is 2.46. The number of methoxy groups -OCH3 is 2. The molecule has 2 aliphatic carbocycles. The lowest BCUT2D eigenvalue weighted by Gasteiger charge is -2.44. The summed E-state index contributed by atoms with van der Waals surface area (Å²) in [6.07, 6.45) is 9.56. The number of benzene rings is 2. The maximum absolute atomic E-state index is 12.3. The fraction of sp³-hybridized carbons (Fsp3) is 0.464. The van der Waals surface area contributed by atoms with E-state index in [2.05, 4.69) is 23.1 Å². The molecule has 2 aromatic rings. The summed E-state index contributed by atoms with van der Waals surface area (Å²) in [4.78, 5) is 14.8. The van der Waals surface area contributed by atoms with Gasteiger partial charge in [-0.25, -0.2) is 4.79 Å². The molecule has 180 valence electrons. The molecule has 5 nitrogen and oxygen atoms in total. The third-order valence-electron chi connectivity index (χ3n) is 7.85. The number of ether oxygens (including phenoxy) is 3. The van der Waals surface area contributed by atoms with Gasteiger partial charge in [-0.1, -0.05) is 17.7 Å². The molecule has 1 unspecified atom stereocenters. The average Bonchev–Trinajstić information content (AvgIpc) is 2.98. The second-order valence-electron chi connectivity index (χ2n) is 9.84. The Morgan fingerprint density at radius 2 is 2.12 bits per heavy atom. The van der Waals surface area contributed by atoms with Crippen LogP contribution in [0.25, 0.3) is 0 Å². The highest BCUT2D eigenvalue weighted by atomic mass is 35.5. The number of esters is 1. The molecule has 1 saturated carbocycles. The molecule has 1 heterocycles. The largest absolute Gasteiger partial charge is 0.505 e. The summed E-state index contributed by atoms with van der Waals surface area (Å²) in [6, 6.07) is 12.0. The standard InChI is InChI=1S/C28H32ClNO4/c1-32-13-11-19-5-6-22(19)16-30-17-28(12-3-4-20-14-23(29)8-9-24(20)28)18-34-26-10-7-21(15-25(26)30)27(31)33-2/h7-11,13-15,19,22H,3-6,12,16-18H2,1-2H3/b13-11+/t19-,22-,28?/m0/s1. The van der Waals surface area contributed by atoms with E-state index in [9.17, 15) is 4.79 Å². The molecule has 34 heavy (non-hydrogen) atoms. The van der Waals surface area contributed by atoms with E-state index in [-0.39, 0.29) is 11.4 Å². The van der Waals surface area contributed by atoms with E-state index in [1.54, 1.807) is 19.4 Å². The fourth-order valence-corrected chi connectivity index (χ4v) is 6.09. The third kappa shape index (κ3) is 4.26. The highest BCUT2D eigenvalue weighted by molar-refractivity contribution is 6.30. The number of carbonyl (C=O) groups excluding carboxylic acids is 1. The second kappa shape index (κ2) is 9.53. The summed E-state index contributed by atoms with van der Waals surface area (Å²) in [7, 11) is 3.11. The molecule has 1 aliphatic heterocycles. The van der Waals surface area contributed by atoms with Gasteiger partial charge in [-0.2, -0.15) is 0 Å². The lowest BCUT2D eigenvalue weighted by molar-refractivity contribution is 0.0600. The Hall–Kier alpha value is -2.66. The summed E-state index contributed by atoms with van der Waals surface area (Å²) in [5.74, 6) is 1.53. The van der Waals surface area contributed by atoms with Crippen LogP contribution in [0.15, 0.2) is 48.7 Å². The summed E-state index contributed by atoms with van der Waals surface area (Å²) in [5.41, 5.74) is 4.07. The fourth-order valence-electron chi connectivity index (χ4n) is 5.90. The Morgan fingerprint density at radius 3 is 2.88 bits per heavy atom. The van der Waals surface area contributed by atoms with Crippen molar-refractivity contribution in [1.29, 1.82) is 0 Å². The molecule has 5 rings (SSSR count). The van der Waals surface area contributed by atoms with Crippen molar-refractivity contribution in [1.82, 2.24) is 0 Å². The quantitative estimate of drug-likeness (QED) is 0.400. The number of halogens is 1. The number of carbonyl (C=O) groups is 1. The van der Waals surface area contributed by atoms with Gasteiger partial charge in [0.05, 0.1) is 38.3 Å². The van der Waals surface area contributed by atoms with E-state index in [1.165, 1.54) is 31.1 Å². The monoisotopic (exact) mass is 481 g/mol. The van der Waals surface area contributed by atoms with Gasteiger partial charge in [0.25, 0.3) is 0 Å². The van der Waals surface area contributed by atoms with Crippen LogP contribution in [0.2, 0.25) is 5.02 Å². The van der Waals surface area contributed by atoms with Crippen LogP contribution in [-0.2, 0) is 21.3 Å². The van der Waals surface area contributed by atoms with Gasteiger partial charge in [0.2, 0.25) is 0 Å². The zero-order valence-electron chi connectivity index (χ0n) is 19.9. The Balaban J connectivity index is 1.53. The summed E-state index contributed by atoms with van der Waals surface area (Å²) >= 11 is 6.35. The number of hydrogen-bond acceptors (Lipinski definition) is 5. The minimum atomic E-state index is -0.330. The molecular weight excluding hydrogens is 450 g/mol. The molecule has 2 aromatic carbocycles. The van der Waals surface area contributed by atoms with Crippen LogP contribution in [0.4, 0.5) is 5.69 Å². The van der Waals surface area contributed by atoms with Crippen LogP contribution in [0.5, 0.6) is 5.75 Å². The van der Waals surface area contributed by atoms with Crippen molar-refractivity contribution in [2.45, 2.75) is 37.5 Å². The van der Waals surface area contributed by atoms with Gasteiger partial charge >= 0.3 is 5.97 Å². The van der Waals surface area contributed by atoms with Crippen molar-refractivity contribution in [3.8, 4) is 5.75 Å². The van der Waals surface area contributed by atoms with Crippen molar-refractivity contribution in [3.63, 3.8) is 0 Å². The van der Waals surface area contributed by atoms with E-state index < -0.39 is 0 Å². The van der Waals surface area contributed by atoms with Crippen LogP contribution in [0.3, 0.4) is 0 Å². The van der Waals surface area contributed by atoms with E-state index in [0.29, 0.717) is 24.0 Å². The average molecular weight is 482 g/mol. The van der Waals surface area contributed by atoms with Gasteiger partial charge in [-0.05, 0) is 91.5 Å². The van der Waals surface area contributed by atoms with Crippen molar-refractivity contribution >= 4 is 23.3 Å². The number of fused-ring (bicyclic) bond motifs is 3. The molecule has 0 amide bonds. The number of allylic oxidation sites excluding steroid dienone is 1. The molecule has 0 N–H and O–H groups in total. The van der Waals surface area contributed by atoms with Gasteiger partial charge in [-0.3, -0.25) is 0 Å². The Bertz CT molecular complexity index is 1100. The number of anilines is 1. The SMILES string of the molecule is CO/C=C/[C@@H]1CC[C@H]1CN1CC2(CCCc3cc(Cl)ccc32)COc2ccc(C(=O)OC)cc21. The zero-order chi connectivity index (χ0) is 23.7. The van der Waals surface area contributed by atoms with Crippen LogP contribution in [0, 0.1) is 11.8 Å². The van der Waals surface area contributed by atoms with Gasteiger partial charge < -0.3 is 19.1 Å². The number of hydrogen-bond donors (Lipinski definition) is 0. The first kappa shape index (κ1) is 23.1. The predicted octanol–water partition coefficient (Wildman–Crippen LogP) is 5.79. The Morgan fingerprint density at radius 1 is 1.24 bits per heavy atom. The maximum Gasteiger partial charge on any atom is 0.337 e. The van der Waals surface area contributed by atoms with Gasteiger partial charge in [0, 0.05) is 23.5 Å². The van der Waals surface area contributed by atoms with Gasteiger partial charge in [0.15, 0.2) is 0 Å².